The summed E-state index contributed by atoms with van der Waals surface area (Å²) in [7, 11) is 0. The molecular formula is C20H18F3N5O4. The predicted molar refractivity (Wildman–Crippen MR) is 108 cm³/mol. The van der Waals surface area contributed by atoms with Crippen molar-refractivity contribution in [3.63, 3.8) is 0 Å². The zero-order valence-electron chi connectivity index (χ0n) is 16.6. The smallest absolute Gasteiger partial charge is 0.368 e. The highest BCUT2D eigenvalue weighted by Crippen LogP contribution is 2.32. The molecule has 0 atom stereocenters. The lowest BCUT2D eigenvalue weighted by atomic mass is 10.0. The van der Waals surface area contributed by atoms with Gasteiger partial charge in [-0.2, -0.15) is 13.2 Å². The van der Waals surface area contributed by atoms with Crippen molar-refractivity contribution >= 4 is 17.4 Å². The van der Waals surface area contributed by atoms with Crippen molar-refractivity contribution in [2.45, 2.75) is 19.0 Å². The van der Waals surface area contributed by atoms with Crippen LogP contribution in [0.25, 0.3) is 11.3 Å². The van der Waals surface area contributed by atoms with Crippen LogP contribution in [0, 0.1) is 10.1 Å². The number of alkyl halides is 3. The van der Waals surface area contributed by atoms with Gasteiger partial charge in [-0.15, -0.1) is 0 Å². The molecule has 0 fully saturated rings. The number of nitrogens with one attached hydrogen (secondary N) is 2. The molecule has 2 heterocycles. The van der Waals surface area contributed by atoms with Crippen molar-refractivity contribution in [1.82, 2.24) is 15.5 Å². The number of hydrogen-bond acceptors (Lipinski definition) is 7. The van der Waals surface area contributed by atoms with Gasteiger partial charge in [0.05, 0.1) is 16.7 Å². The number of carbonyl (C=O) groups excluding carboxylic acids is 1. The molecule has 0 aliphatic rings. The van der Waals surface area contributed by atoms with Crippen molar-refractivity contribution < 1.29 is 27.4 Å². The molecule has 9 nitrogen and oxygen atoms in total. The zero-order chi connectivity index (χ0) is 23.1. The summed E-state index contributed by atoms with van der Waals surface area (Å²) in [6, 6.07) is 7.30. The fourth-order valence-corrected chi connectivity index (χ4v) is 2.81. The Kier molecular flexibility index (Phi) is 7.03. The summed E-state index contributed by atoms with van der Waals surface area (Å²) in [5.74, 6) is 0.524. The molecule has 3 aromatic rings. The maximum Gasteiger partial charge on any atom is 0.416 e. The van der Waals surface area contributed by atoms with Gasteiger partial charge in [0.1, 0.15) is 12.0 Å². The van der Waals surface area contributed by atoms with E-state index in [4.69, 9.17) is 4.52 Å². The lowest BCUT2D eigenvalue weighted by Gasteiger charge is -2.08. The minimum Gasteiger partial charge on any atom is -0.368 e. The van der Waals surface area contributed by atoms with Gasteiger partial charge in [0, 0.05) is 36.7 Å². The van der Waals surface area contributed by atoms with Crippen LogP contribution >= 0.6 is 0 Å². The van der Waals surface area contributed by atoms with Crippen LogP contribution in [0.15, 0.2) is 53.3 Å². The summed E-state index contributed by atoms with van der Waals surface area (Å²) in [4.78, 5) is 26.0. The van der Waals surface area contributed by atoms with Gasteiger partial charge >= 0.3 is 6.18 Å². The second-order valence-electron chi connectivity index (χ2n) is 6.69. The number of pyridine rings is 1. The molecule has 32 heavy (non-hydrogen) atoms. The van der Waals surface area contributed by atoms with Crippen molar-refractivity contribution in [2.24, 2.45) is 0 Å². The van der Waals surface area contributed by atoms with Gasteiger partial charge in [-0.1, -0.05) is 17.3 Å². The van der Waals surface area contributed by atoms with Gasteiger partial charge in [0.25, 0.3) is 5.69 Å². The Morgan fingerprint density at radius 2 is 1.84 bits per heavy atom. The van der Waals surface area contributed by atoms with Crippen molar-refractivity contribution in [3.05, 3.63) is 70.0 Å². The highest BCUT2D eigenvalue weighted by molar-refractivity contribution is 5.76. The number of benzene rings is 1. The number of aryl methyl sites for hydroxylation is 1. The second kappa shape index (κ2) is 9.90. The van der Waals surface area contributed by atoms with E-state index in [0.29, 0.717) is 42.2 Å². The third-order valence-electron chi connectivity index (χ3n) is 4.45. The number of halogens is 3. The molecule has 1 amide bonds. The van der Waals surface area contributed by atoms with Gasteiger partial charge in [0.2, 0.25) is 5.91 Å². The second-order valence-corrected chi connectivity index (χ2v) is 6.69. The van der Waals surface area contributed by atoms with E-state index in [1.165, 1.54) is 30.5 Å². The van der Waals surface area contributed by atoms with E-state index < -0.39 is 16.7 Å². The van der Waals surface area contributed by atoms with Crippen LogP contribution in [0.4, 0.5) is 24.7 Å². The molecule has 2 N–H and O–H groups in total. The molecule has 168 valence electrons. The third-order valence-corrected chi connectivity index (χ3v) is 4.45. The predicted octanol–water partition coefficient (Wildman–Crippen LogP) is 3.82. The van der Waals surface area contributed by atoms with Gasteiger partial charge in [0.15, 0.2) is 5.76 Å². The molecule has 12 heteroatoms. The maximum absolute atomic E-state index is 12.7. The average molecular weight is 449 g/mol. The summed E-state index contributed by atoms with van der Waals surface area (Å²) >= 11 is 0. The molecule has 0 unspecified atom stereocenters. The molecular weight excluding hydrogens is 431 g/mol. The van der Waals surface area contributed by atoms with Crippen LogP contribution in [0.1, 0.15) is 17.5 Å². The first-order valence-corrected chi connectivity index (χ1v) is 9.46. The number of aromatic nitrogens is 2. The van der Waals surface area contributed by atoms with E-state index in [-0.39, 0.29) is 18.0 Å². The SMILES string of the molecule is O=C(CCc1cnoc1-c1ccc(C(F)(F)F)cc1)NCCNc1ccc([N+](=O)[O-])cn1. The third kappa shape index (κ3) is 6.03. The van der Waals surface area contributed by atoms with E-state index in [9.17, 15) is 28.1 Å². The molecule has 1 aromatic carbocycles. The molecule has 0 aliphatic carbocycles. The van der Waals surface area contributed by atoms with Gasteiger partial charge in [-0.25, -0.2) is 4.98 Å². The highest BCUT2D eigenvalue weighted by Gasteiger charge is 2.30. The Labute approximate surface area is 179 Å². The lowest BCUT2D eigenvalue weighted by molar-refractivity contribution is -0.385. The number of rotatable bonds is 9. The van der Waals surface area contributed by atoms with E-state index in [1.807, 2.05) is 0 Å². The summed E-state index contributed by atoms with van der Waals surface area (Å²) in [5, 5.41) is 19.9. The van der Waals surface area contributed by atoms with E-state index in [1.54, 1.807) is 0 Å². The summed E-state index contributed by atoms with van der Waals surface area (Å²) in [5.41, 5.74) is 0.159. The molecule has 0 saturated heterocycles. The van der Waals surface area contributed by atoms with Crippen molar-refractivity contribution in [1.29, 1.82) is 0 Å². The minimum absolute atomic E-state index is 0.117. The fraction of sp³-hybridized carbons (Fsp3) is 0.250. The van der Waals surface area contributed by atoms with Crippen LogP contribution < -0.4 is 10.6 Å². The number of carbonyl (C=O) groups is 1. The van der Waals surface area contributed by atoms with E-state index in [2.05, 4.69) is 20.8 Å². The number of nitro groups is 1. The van der Waals surface area contributed by atoms with E-state index >= 15 is 0 Å². The van der Waals surface area contributed by atoms with Crippen LogP contribution in [0.3, 0.4) is 0 Å². The van der Waals surface area contributed by atoms with Gasteiger partial charge in [-0.3, -0.25) is 14.9 Å². The monoisotopic (exact) mass is 449 g/mol. The van der Waals surface area contributed by atoms with Crippen LogP contribution in [-0.2, 0) is 17.4 Å². The molecule has 0 saturated carbocycles. The molecule has 0 bridgehead atoms. The van der Waals surface area contributed by atoms with Crippen molar-refractivity contribution in [2.75, 3.05) is 18.4 Å². The lowest BCUT2D eigenvalue weighted by Crippen LogP contribution is -2.29. The Balaban J connectivity index is 1.45. The Morgan fingerprint density at radius 3 is 2.47 bits per heavy atom. The first kappa shape index (κ1) is 22.7. The topological polar surface area (TPSA) is 123 Å². The largest absolute Gasteiger partial charge is 0.416 e. The highest BCUT2D eigenvalue weighted by atomic mass is 19.4. The normalized spacial score (nSPS) is 11.2. The molecule has 2 aromatic heterocycles. The number of nitrogens with zero attached hydrogens (tertiary/aromatic N) is 3. The number of anilines is 1. The summed E-state index contributed by atoms with van der Waals surface area (Å²) in [6.45, 7) is 0.660. The Morgan fingerprint density at radius 1 is 1.09 bits per heavy atom. The standard InChI is InChI=1S/C20H18F3N5O4/c21-20(22,23)15-4-1-13(2-5-15)19-14(11-27-32-19)3-8-18(29)25-10-9-24-17-7-6-16(12-26-17)28(30)31/h1-2,4-7,11-12H,3,8-10H2,(H,24,26)(H,25,29). The maximum atomic E-state index is 12.7. The molecule has 0 aliphatic heterocycles. The first-order chi connectivity index (χ1) is 15.2. The number of hydrogen-bond donors (Lipinski definition) is 2. The molecule has 0 radical (unpaired) electrons. The summed E-state index contributed by atoms with van der Waals surface area (Å²) in [6.07, 6.45) is -1.44. The molecule has 0 spiro atoms. The molecule has 3 rings (SSSR count). The van der Waals surface area contributed by atoms with E-state index in [0.717, 1.165) is 18.3 Å². The van der Waals surface area contributed by atoms with Crippen molar-refractivity contribution in [3.8, 4) is 11.3 Å². The van der Waals surface area contributed by atoms with Crippen LogP contribution in [-0.4, -0.2) is 34.1 Å². The minimum atomic E-state index is -4.43. The van der Waals surface area contributed by atoms with Gasteiger partial charge < -0.3 is 15.2 Å². The first-order valence-electron chi connectivity index (χ1n) is 9.46. The van der Waals surface area contributed by atoms with Crippen LogP contribution in [0.5, 0.6) is 0 Å². The Bertz CT molecular complexity index is 1070. The zero-order valence-corrected chi connectivity index (χ0v) is 16.6. The fourth-order valence-electron chi connectivity index (χ4n) is 2.81. The number of amides is 1. The van der Waals surface area contributed by atoms with Gasteiger partial charge in [-0.05, 0) is 24.6 Å². The average Bonchev–Trinajstić information content (AvgIpc) is 3.24. The Hall–Kier alpha value is -3.96. The summed E-state index contributed by atoms with van der Waals surface area (Å²) < 4.78 is 43.3. The quantitative estimate of drug-likeness (QED) is 0.289. The van der Waals surface area contributed by atoms with Crippen LogP contribution in [0.2, 0.25) is 0 Å².